The van der Waals surface area contributed by atoms with E-state index in [1.165, 1.54) is 0 Å². The number of piperidine rings is 1. The number of nitrogens with zero attached hydrogens (tertiary/aromatic N) is 3. The number of carbonyl (C=O) groups is 1. The summed E-state index contributed by atoms with van der Waals surface area (Å²) in [4.78, 5) is 12.7. The summed E-state index contributed by atoms with van der Waals surface area (Å²) >= 11 is 0. The lowest BCUT2D eigenvalue weighted by molar-refractivity contribution is 0.102. The van der Waals surface area contributed by atoms with Crippen molar-refractivity contribution >= 4 is 11.6 Å². The molecule has 3 aromatic rings. The van der Waals surface area contributed by atoms with Crippen LogP contribution in [0.3, 0.4) is 0 Å². The number of amides is 1. The minimum atomic E-state index is -0.161. The molecule has 0 spiro atoms. The van der Waals surface area contributed by atoms with E-state index in [1.54, 1.807) is 12.4 Å². The predicted octanol–water partition coefficient (Wildman–Crippen LogP) is 1.91. The number of nitrogens with one attached hydrogen (secondary N) is 4. The summed E-state index contributed by atoms with van der Waals surface area (Å²) in [5.41, 5.74) is 3.82. The normalized spacial score (nSPS) is 17.4. The Morgan fingerprint density at radius 1 is 1.24 bits per heavy atom. The van der Waals surface area contributed by atoms with Crippen molar-refractivity contribution in [2.75, 3.05) is 18.4 Å². The van der Waals surface area contributed by atoms with Gasteiger partial charge in [-0.25, -0.2) is 0 Å². The van der Waals surface area contributed by atoms with Crippen molar-refractivity contribution in [1.82, 2.24) is 30.9 Å². The van der Waals surface area contributed by atoms with E-state index < -0.39 is 0 Å². The zero-order chi connectivity index (χ0) is 17.1. The lowest BCUT2D eigenvalue weighted by Crippen LogP contribution is -2.29. The fourth-order valence-electron chi connectivity index (χ4n) is 3.18. The Kier molecular flexibility index (Phi) is 4.26. The third kappa shape index (κ3) is 3.29. The molecule has 25 heavy (non-hydrogen) atoms. The summed E-state index contributed by atoms with van der Waals surface area (Å²) in [6.07, 6.45) is 5.40. The molecule has 2 aromatic heterocycles. The van der Waals surface area contributed by atoms with E-state index in [0.29, 0.717) is 17.2 Å². The van der Waals surface area contributed by atoms with Gasteiger partial charge >= 0.3 is 0 Å². The van der Waals surface area contributed by atoms with Gasteiger partial charge in [0.2, 0.25) is 0 Å². The van der Waals surface area contributed by atoms with Crippen LogP contribution >= 0.6 is 0 Å². The van der Waals surface area contributed by atoms with Crippen molar-refractivity contribution in [1.29, 1.82) is 0 Å². The van der Waals surface area contributed by atoms with E-state index in [-0.39, 0.29) is 5.91 Å². The van der Waals surface area contributed by atoms with Crippen LogP contribution in [-0.4, -0.2) is 44.6 Å². The summed E-state index contributed by atoms with van der Waals surface area (Å²) in [6, 6.07) is 7.52. The molecule has 0 aliphatic carbocycles. The summed E-state index contributed by atoms with van der Waals surface area (Å²) in [7, 11) is 0. The van der Waals surface area contributed by atoms with Crippen LogP contribution in [0.1, 0.15) is 34.8 Å². The van der Waals surface area contributed by atoms with Crippen LogP contribution in [-0.2, 0) is 0 Å². The maximum absolute atomic E-state index is 12.7. The standard InChI is InChI=1S/C17H19N7O/c25-17(14-9-19-23-16(14)12-4-2-6-18-8-12)21-13-5-1-3-11(7-13)15-10-20-24-22-15/h1,3,5,7,9-10,12,18H,2,4,6,8H2,(H,19,23)(H,21,25)(H,20,22,24). The highest BCUT2D eigenvalue weighted by atomic mass is 16.1. The first-order chi connectivity index (χ1) is 12.3. The molecule has 1 unspecified atom stereocenters. The number of aromatic nitrogens is 5. The van der Waals surface area contributed by atoms with E-state index in [4.69, 9.17) is 0 Å². The molecule has 0 radical (unpaired) electrons. The molecule has 3 heterocycles. The molecule has 8 heteroatoms. The highest BCUT2D eigenvalue weighted by Crippen LogP contribution is 2.25. The molecule has 1 aromatic carbocycles. The van der Waals surface area contributed by atoms with Gasteiger partial charge in [0, 0.05) is 23.7 Å². The highest BCUT2D eigenvalue weighted by Gasteiger charge is 2.23. The topological polar surface area (TPSA) is 111 Å². The number of benzene rings is 1. The molecule has 1 aliphatic rings. The Morgan fingerprint density at radius 3 is 3.00 bits per heavy atom. The monoisotopic (exact) mass is 337 g/mol. The minimum absolute atomic E-state index is 0.161. The van der Waals surface area contributed by atoms with E-state index >= 15 is 0 Å². The van der Waals surface area contributed by atoms with Crippen molar-refractivity contribution in [3.63, 3.8) is 0 Å². The highest BCUT2D eigenvalue weighted by molar-refractivity contribution is 6.05. The smallest absolute Gasteiger partial charge is 0.259 e. The third-order valence-corrected chi connectivity index (χ3v) is 4.45. The molecule has 8 nitrogen and oxygen atoms in total. The Hall–Kier alpha value is -3.00. The van der Waals surface area contributed by atoms with Gasteiger partial charge in [0.15, 0.2) is 0 Å². The maximum atomic E-state index is 12.7. The van der Waals surface area contributed by atoms with Gasteiger partial charge < -0.3 is 10.6 Å². The second-order valence-electron chi connectivity index (χ2n) is 6.13. The van der Waals surface area contributed by atoms with Crippen LogP contribution in [0.2, 0.25) is 0 Å². The average Bonchev–Trinajstić information content (AvgIpc) is 3.34. The molecule has 1 saturated heterocycles. The van der Waals surface area contributed by atoms with E-state index in [2.05, 4.69) is 36.2 Å². The van der Waals surface area contributed by atoms with Crippen LogP contribution in [0, 0.1) is 0 Å². The molecule has 0 saturated carbocycles. The van der Waals surface area contributed by atoms with Crippen molar-refractivity contribution in [3.8, 4) is 11.3 Å². The maximum Gasteiger partial charge on any atom is 0.259 e. The van der Waals surface area contributed by atoms with E-state index in [0.717, 1.165) is 42.9 Å². The number of rotatable bonds is 4. The lowest BCUT2D eigenvalue weighted by Gasteiger charge is -2.22. The first-order valence-corrected chi connectivity index (χ1v) is 8.33. The van der Waals surface area contributed by atoms with E-state index in [9.17, 15) is 4.79 Å². The number of H-pyrrole nitrogens is 2. The second kappa shape index (κ2) is 6.86. The van der Waals surface area contributed by atoms with Gasteiger partial charge in [-0.05, 0) is 31.5 Å². The summed E-state index contributed by atoms with van der Waals surface area (Å²) < 4.78 is 0. The molecule has 1 aliphatic heterocycles. The van der Waals surface area contributed by atoms with E-state index in [1.807, 2.05) is 24.3 Å². The lowest BCUT2D eigenvalue weighted by atomic mass is 9.93. The second-order valence-corrected chi connectivity index (χ2v) is 6.13. The zero-order valence-corrected chi connectivity index (χ0v) is 13.6. The quantitative estimate of drug-likeness (QED) is 0.581. The number of carbonyl (C=O) groups excluding carboxylic acids is 1. The summed E-state index contributed by atoms with van der Waals surface area (Å²) in [6.45, 7) is 1.89. The summed E-state index contributed by atoms with van der Waals surface area (Å²) in [5, 5.41) is 23.9. The van der Waals surface area contributed by atoms with Gasteiger partial charge in [0.1, 0.15) is 5.69 Å². The molecule has 1 atom stereocenters. The Labute approximate surface area is 144 Å². The predicted molar refractivity (Wildman–Crippen MR) is 93.2 cm³/mol. The van der Waals surface area contributed by atoms with Crippen molar-refractivity contribution < 1.29 is 4.79 Å². The summed E-state index contributed by atoms with van der Waals surface area (Å²) in [5.74, 6) is 0.130. The van der Waals surface area contributed by atoms with Gasteiger partial charge in [-0.2, -0.15) is 20.5 Å². The fraction of sp³-hybridized carbons (Fsp3) is 0.294. The van der Waals surface area contributed by atoms with Crippen molar-refractivity contribution in [3.05, 3.63) is 47.9 Å². The Bertz CT molecular complexity index is 850. The number of aromatic amines is 2. The molecular formula is C17H19N7O. The van der Waals surface area contributed by atoms with Gasteiger partial charge in [0.25, 0.3) is 5.91 Å². The first kappa shape index (κ1) is 15.5. The minimum Gasteiger partial charge on any atom is -0.322 e. The number of hydrogen-bond acceptors (Lipinski definition) is 5. The average molecular weight is 337 g/mol. The molecule has 128 valence electrons. The SMILES string of the molecule is O=C(Nc1cccc(-c2cn[nH]n2)c1)c1cn[nH]c1C1CCCNC1. The van der Waals surface area contributed by atoms with Crippen molar-refractivity contribution in [2.24, 2.45) is 0 Å². The Balaban J connectivity index is 1.53. The van der Waals surface area contributed by atoms with Gasteiger partial charge in [-0.3, -0.25) is 9.89 Å². The van der Waals surface area contributed by atoms with Gasteiger partial charge in [0.05, 0.1) is 23.7 Å². The zero-order valence-electron chi connectivity index (χ0n) is 13.6. The molecule has 4 rings (SSSR count). The van der Waals surface area contributed by atoms with Crippen LogP contribution in [0.25, 0.3) is 11.3 Å². The molecule has 1 amide bonds. The van der Waals surface area contributed by atoms with Gasteiger partial charge in [-0.15, -0.1) is 0 Å². The molecule has 4 N–H and O–H groups in total. The van der Waals surface area contributed by atoms with Gasteiger partial charge in [-0.1, -0.05) is 12.1 Å². The molecule has 0 bridgehead atoms. The Morgan fingerprint density at radius 2 is 2.20 bits per heavy atom. The van der Waals surface area contributed by atoms with Crippen LogP contribution < -0.4 is 10.6 Å². The number of hydrogen-bond donors (Lipinski definition) is 4. The van der Waals surface area contributed by atoms with Crippen molar-refractivity contribution in [2.45, 2.75) is 18.8 Å². The number of anilines is 1. The fourth-order valence-corrected chi connectivity index (χ4v) is 3.18. The van der Waals surface area contributed by atoms with Crippen LogP contribution in [0.4, 0.5) is 5.69 Å². The van der Waals surface area contributed by atoms with Crippen LogP contribution in [0.5, 0.6) is 0 Å². The molecule has 1 fully saturated rings. The molecular weight excluding hydrogens is 318 g/mol. The first-order valence-electron chi connectivity index (χ1n) is 8.33. The largest absolute Gasteiger partial charge is 0.322 e. The van der Waals surface area contributed by atoms with Crippen LogP contribution in [0.15, 0.2) is 36.7 Å². The third-order valence-electron chi connectivity index (χ3n) is 4.45.